The number of allylic oxidation sites excluding steroid dienone is 8. The summed E-state index contributed by atoms with van der Waals surface area (Å²) < 4.78 is 32.7. The molecule has 0 aromatic carbocycles. The SMILES string of the molecule is CC/C=C\C/C=C\C/C=C\CCCCCCCC(=O)OC(COC(=O)CCCCCCC/C=C\CCCCCCCCC)COP(=O)(O)OCC(O)CO. The summed E-state index contributed by atoms with van der Waals surface area (Å²) in [6, 6.07) is 0. The Balaban J connectivity index is 4.35. The van der Waals surface area contributed by atoms with Crippen LogP contribution < -0.4 is 0 Å². The van der Waals surface area contributed by atoms with E-state index in [9.17, 15) is 24.2 Å². The molecule has 0 aromatic rings. The highest BCUT2D eigenvalue weighted by atomic mass is 31.2. The van der Waals surface area contributed by atoms with E-state index in [0.29, 0.717) is 12.8 Å². The van der Waals surface area contributed by atoms with Crippen LogP contribution >= 0.6 is 7.82 Å². The predicted octanol–water partition coefficient (Wildman–Crippen LogP) is 10.9. The van der Waals surface area contributed by atoms with E-state index < -0.39 is 51.8 Å². The summed E-state index contributed by atoms with van der Waals surface area (Å²) >= 11 is 0. The Kier molecular flexibility index (Phi) is 37.7. The van der Waals surface area contributed by atoms with Crippen molar-refractivity contribution in [1.29, 1.82) is 0 Å². The summed E-state index contributed by atoms with van der Waals surface area (Å²) in [6.07, 6.45) is 40.7. The molecule has 0 rings (SSSR count). The van der Waals surface area contributed by atoms with Crippen molar-refractivity contribution in [1.82, 2.24) is 0 Å². The molecule has 3 N–H and O–H groups in total. The lowest BCUT2D eigenvalue weighted by Crippen LogP contribution is -2.29. The van der Waals surface area contributed by atoms with Crippen molar-refractivity contribution < 1.29 is 47.8 Å². The van der Waals surface area contributed by atoms with E-state index in [-0.39, 0.29) is 19.4 Å². The van der Waals surface area contributed by atoms with Crippen molar-refractivity contribution in [3.05, 3.63) is 48.6 Å². The molecule has 10 nitrogen and oxygen atoms in total. The molecule has 0 fully saturated rings. The summed E-state index contributed by atoms with van der Waals surface area (Å²) in [5, 5.41) is 18.3. The molecule has 0 aromatic heterocycles. The minimum atomic E-state index is -4.62. The van der Waals surface area contributed by atoms with Gasteiger partial charge in [0, 0.05) is 12.8 Å². The van der Waals surface area contributed by atoms with Gasteiger partial charge in [-0.05, 0) is 70.6 Å². The van der Waals surface area contributed by atoms with Crippen molar-refractivity contribution >= 4 is 19.8 Å². The zero-order chi connectivity index (χ0) is 39.8. The summed E-state index contributed by atoms with van der Waals surface area (Å²) in [4.78, 5) is 34.9. The van der Waals surface area contributed by atoms with Crippen molar-refractivity contribution in [2.75, 3.05) is 26.4 Å². The molecule has 314 valence electrons. The number of ether oxygens (including phenoxy) is 2. The second-order valence-electron chi connectivity index (χ2n) is 14.0. The second kappa shape index (κ2) is 39.2. The normalized spacial score (nSPS) is 14.4. The van der Waals surface area contributed by atoms with Crippen LogP contribution in [-0.2, 0) is 32.7 Å². The number of carbonyl (C=O) groups excluding carboxylic acids is 2. The van der Waals surface area contributed by atoms with Gasteiger partial charge in [0.05, 0.1) is 19.8 Å². The molecule has 54 heavy (non-hydrogen) atoms. The summed E-state index contributed by atoms with van der Waals surface area (Å²) in [6.45, 7) is 2.23. The Morgan fingerprint density at radius 1 is 0.574 bits per heavy atom. The predicted molar refractivity (Wildman–Crippen MR) is 219 cm³/mol. The Morgan fingerprint density at radius 2 is 1.02 bits per heavy atom. The Morgan fingerprint density at radius 3 is 1.56 bits per heavy atom. The van der Waals surface area contributed by atoms with Crippen LogP contribution in [0.15, 0.2) is 48.6 Å². The molecule has 0 radical (unpaired) electrons. The molecule has 0 aliphatic heterocycles. The van der Waals surface area contributed by atoms with Gasteiger partial charge in [0.15, 0.2) is 6.10 Å². The fraction of sp³-hybridized carbons (Fsp3) is 0.767. The lowest BCUT2D eigenvalue weighted by atomic mass is 10.1. The lowest BCUT2D eigenvalue weighted by Gasteiger charge is -2.20. The number of hydrogen-bond donors (Lipinski definition) is 3. The molecule has 0 saturated heterocycles. The lowest BCUT2D eigenvalue weighted by molar-refractivity contribution is -0.161. The first-order valence-electron chi connectivity index (χ1n) is 21.1. The minimum absolute atomic E-state index is 0.162. The maximum Gasteiger partial charge on any atom is 0.472 e. The first kappa shape index (κ1) is 51.9. The zero-order valence-corrected chi connectivity index (χ0v) is 34.8. The third kappa shape index (κ3) is 38.2. The molecule has 0 bridgehead atoms. The third-order valence-electron chi connectivity index (χ3n) is 8.72. The Hall–Kier alpha value is -2.07. The number of aliphatic hydroxyl groups excluding tert-OH is 2. The van der Waals surface area contributed by atoms with Crippen molar-refractivity contribution in [3.63, 3.8) is 0 Å². The van der Waals surface area contributed by atoms with E-state index in [4.69, 9.17) is 19.1 Å². The van der Waals surface area contributed by atoms with Gasteiger partial charge < -0.3 is 24.6 Å². The Labute approximate surface area is 328 Å². The van der Waals surface area contributed by atoms with Crippen LogP contribution in [0.4, 0.5) is 0 Å². The van der Waals surface area contributed by atoms with E-state index in [1.807, 2.05) is 0 Å². The monoisotopic (exact) mass is 785 g/mol. The number of carbonyl (C=O) groups is 2. The number of phosphoric acid groups is 1. The average molecular weight is 785 g/mol. The van der Waals surface area contributed by atoms with Gasteiger partial charge in [-0.25, -0.2) is 4.57 Å². The highest BCUT2D eigenvalue weighted by molar-refractivity contribution is 7.47. The van der Waals surface area contributed by atoms with Crippen LogP contribution in [0.3, 0.4) is 0 Å². The average Bonchev–Trinajstić information content (AvgIpc) is 3.16. The van der Waals surface area contributed by atoms with Gasteiger partial charge in [0.2, 0.25) is 0 Å². The van der Waals surface area contributed by atoms with E-state index in [1.165, 1.54) is 51.4 Å². The van der Waals surface area contributed by atoms with Crippen LogP contribution in [0, 0.1) is 0 Å². The number of esters is 2. The van der Waals surface area contributed by atoms with Crippen LogP contribution in [0.25, 0.3) is 0 Å². The van der Waals surface area contributed by atoms with Crippen LogP contribution in [0.2, 0.25) is 0 Å². The fourth-order valence-electron chi connectivity index (χ4n) is 5.47. The van der Waals surface area contributed by atoms with Crippen LogP contribution in [0.1, 0.15) is 174 Å². The topological polar surface area (TPSA) is 149 Å². The summed E-state index contributed by atoms with van der Waals surface area (Å²) in [5.74, 6) is -0.956. The van der Waals surface area contributed by atoms with Crippen molar-refractivity contribution in [2.45, 2.75) is 187 Å². The smallest absolute Gasteiger partial charge is 0.462 e. The van der Waals surface area contributed by atoms with Gasteiger partial charge in [-0.1, -0.05) is 140 Å². The van der Waals surface area contributed by atoms with Gasteiger partial charge in [0.25, 0.3) is 0 Å². The summed E-state index contributed by atoms with van der Waals surface area (Å²) in [7, 11) is -4.62. The van der Waals surface area contributed by atoms with E-state index >= 15 is 0 Å². The number of rotatable bonds is 39. The second-order valence-corrected chi connectivity index (χ2v) is 15.4. The molecule has 11 heteroatoms. The zero-order valence-electron chi connectivity index (χ0n) is 33.9. The number of aliphatic hydroxyl groups is 2. The van der Waals surface area contributed by atoms with Crippen molar-refractivity contribution in [3.8, 4) is 0 Å². The molecule has 0 saturated carbocycles. The molecule has 0 aliphatic carbocycles. The molecular weight excluding hydrogens is 707 g/mol. The standard InChI is InChI=1S/C43H77O10P/c1-3-5-7-9-11-13-15-17-19-21-22-24-26-28-30-32-34-42(46)50-38-41(39-52-54(48,49)51-37-40(45)36-44)53-43(47)35-33-31-29-27-25-23-20-18-16-14-12-10-8-6-4-2/h6,8,12,14,18-21,40-41,44-45H,3-5,7,9-11,13,15-17,22-39H2,1-2H3,(H,48,49)/b8-6-,14-12-,20-18-,21-19-. The van der Waals surface area contributed by atoms with E-state index in [0.717, 1.165) is 83.5 Å². The maximum absolute atomic E-state index is 12.6. The Bertz CT molecular complexity index is 1040. The van der Waals surface area contributed by atoms with Crippen LogP contribution in [-0.4, -0.2) is 65.7 Å². The first-order valence-corrected chi connectivity index (χ1v) is 22.6. The molecule has 0 amide bonds. The number of hydrogen-bond acceptors (Lipinski definition) is 9. The van der Waals surface area contributed by atoms with Gasteiger partial charge in [-0.3, -0.25) is 18.6 Å². The van der Waals surface area contributed by atoms with Gasteiger partial charge in [-0.15, -0.1) is 0 Å². The van der Waals surface area contributed by atoms with Gasteiger partial charge in [0.1, 0.15) is 12.7 Å². The molecular formula is C43H77O10P. The number of unbranched alkanes of at least 4 members (excludes halogenated alkanes) is 17. The van der Waals surface area contributed by atoms with E-state index in [1.54, 1.807) is 0 Å². The highest BCUT2D eigenvalue weighted by Crippen LogP contribution is 2.43. The fourth-order valence-corrected chi connectivity index (χ4v) is 6.26. The van der Waals surface area contributed by atoms with Gasteiger partial charge >= 0.3 is 19.8 Å². The third-order valence-corrected chi connectivity index (χ3v) is 9.67. The molecule has 0 spiro atoms. The molecule has 3 atom stereocenters. The largest absolute Gasteiger partial charge is 0.472 e. The quantitative estimate of drug-likeness (QED) is 0.0238. The highest BCUT2D eigenvalue weighted by Gasteiger charge is 2.27. The minimum Gasteiger partial charge on any atom is -0.462 e. The van der Waals surface area contributed by atoms with Crippen LogP contribution in [0.5, 0.6) is 0 Å². The molecule has 3 unspecified atom stereocenters. The number of phosphoric ester groups is 1. The van der Waals surface area contributed by atoms with E-state index in [2.05, 4.69) is 67.0 Å². The first-order chi connectivity index (χ1) is 26.2. The van der Waals surface area contributed by atoms with Gasteiger partial charge in [-0.2, -0.15) is 0 Å². The molecule has 0 aliphatic rings. The molecule has 0 heterocycles. The van der Waals surface area contributed by atoms with Crippen molar-refractivity contribution in [2.24, 2.45) is 0 Å². The maximum atomic E-state index is 12.6. The summed E-state index contributed by atoms with van der Waals surface area (Å²) in [5.41, 5.74) is 0.